The molecule has 96 valence electrons. The Balaban J connectivity index is 0.000000160. The third-order valence-electron chi connectivity index (χ3n) is 2.83. The van der Waals surface area contributed by atoms with Crippen molar-refractivity contribution in [2.75, 3.05) is 66.7 Å². The van der Waals surface area contributed by atoms with Gasteiger partial charge in [0.1, 0.15) is 26.2 Å². The summed E-state index contributed by atoms with van der Waals surface area (Å²) in [4.78, 5) is 0. The zero-order chi connectivity index (χ0) is 12.1. The van der Waals surface area contributed by atoms with Crippen LogP contribution in [0.25, 0.3) is 0 Å². The molecule has 0 atom stereocenters. The molecular formula is C10H22N2O4. The van der Waals surface area contributed by atoms with Crippen molar-refractivity contribution in [1.29, 1.82) is 0 Å². The first-order chi connectivity index (χ1) is 7.41. The van der Waals surface area contributed by atoms with E-state index < -0.39 is 0 Å². The van der Waals surface area contributed by atoms with E-state index in [2.05, 4.69) is 0 Å². The lowest BCUT2D eigenvalue weighted by molar-refractivity contribution is -0.869. The molecule has 0 bridgehead atoms. The fraction of sp³-hybridized carbons (Fsp3) is 1.00. The van der Waals surface area contributed by atoms with E-state index in [0.717, 1.165) is 0 Å². The number of likely N-dealkylation sites (N-methyl/N-ethyl adjacent to an activating group) is 2. The van der Waals surface area contributed by atoms with Gasteiger partial charge in [-0.1, -0.05) is 0 Å². The normalized spacial score (nSPS) is 27.8. The van der Waals surface area contributed by atoms with Gasteiger partial charge in [0, 0.05) is 0 Å². The lowest BCUT2D eigenvalue weighted by Gasteiger charge is -2.41. The summed E-state index contributed by atoms with van der Waals surface area (Å²) in [7, 11) is 3.37. The second-order valence-corrected chi connectivity index (χ2v) is 4.71. The number of quaternary nitrogens is 2. The number of nitrogens with zero attached hydrogens (tertiary/aromatic N) is 2. The highest BCUT2D eigenvalue weighted by Crippen LogP contribution is 2.03. The summed E-state index contributed by atoms with van der Waals surface area (Å²) in [5.41, 5.74) is 0. The van der Waals surface area contributed by atoms with E-state index in [1.807, 2.05) is 0 Å². The van der Waals surface area contributed by atoms with Gasteiger partial charge in [-0.2, -0.15) is 0 Å². The van der Waals surface area contributed by atoms with Gasteiger partial charge < -0.3 is 29.2 Å². The van der Waals surface area contributed by atoms with Crippen LogP contribution in [-0.2, 0) is 9.47 Å². The number of morpholine rings is 2. The molecule has 0 aromatic carbocycles. The highest BCUT2D eigenvalue weighted by molar-refractivity contribution is 4.45. The minimum absolute atomic E-state index is 0.125. The van der Waals surface area contributed by atoms with Crippen LogP contribution >= 0.6 is 0 Å². The molecule has 0 amide bonds. The van der Waals surface area contributed by atoms with Crippen molar-refractivity contribution < 1.29 is 18.8 Å². The predicted octanol–water partition coefficient (Wildman–Crippen LogP) is -0.0780. The molecule has 6 nitrogen and oxygen atoms in total. The maximum Gasteiger partial charge on any atom is 0.102 e. The first-order valence-electron chi connectivity index (χ1n) is 5.68. The molecule has 2 heterocycles. The zero-order valence-electron chi connectivity index (χ0n) is 10.2. The van der Waals surface area contributed by atoms with Crippen LogP contribution < -0.4 is 0 Å². The van der Waals surface area contributed by atoms with E-state index >= 15 is 0 Å². The Labute approximate surface area is 96.7 Å². The van der Waals surface area contributed by atoms with Crippen molar-refractivity contribution >= 4 is 0 Å². The lowest BCUT2D eigenvalue weighted by atomic mass is 10.4. The van der Waals surface area contributed by atoms with Gasteiger partial charge in [-0.3, -0.25) is 0 Å². The van der Waals surface area contributed by atoms with Gasteiger partial charge in [0.15, 0.2) is 0 Å². The molecule has 16 heavy (non-hydrogen) atoms. The molecule has 0 radical (unpaired) electrons. The second kappa shape index (κ2) is 5.90. The van der Waals surface area contributed by atoms with Crippen LogP contribution in [0.1, 0.15) is 0 Å². The van der Waals surface area contributed by atoms with E-state index in [9.17, 15) is 10.4 Å². The van der Waals surface area contributed by atoms with Gasteiger partial charge in [0.05, 0.1) is 40.5 Å². The molecule has 0 aromatic rings. The second-order valence-electron chi connectivity index (χ2n) is 4.71. The van der Waals surface area contributed by atoms with Crippen molar-refractivity contribution in [3.63, 3.8) is 0 Å². The monoisotopic (exact) mass is 234 g/mol. The molecule has 6 heteroatoms. The number of ether oxygens (including phenoxy) is 2. The molecule has 0 unspecified atom stereocenters. The standard InChI is InChI=1S/2C5H11NO2/c2*1-6(7)2-4-8-5-3-6/h2*2-5H2,1H3. The van der Waals surface area contributed by atoms with Crippen molar-refractivity contribution in [3.05, 3.63) is 10.4 Å². The fourth-order valence-corrected chi connectivity index (χ4v) is 1.46. The minimum Gasteiger partial charge on any atom is -0.633 e. The molecule has 2 aliphatic heterocycles. The van der Waals surface area contributed by atoms with Gasteiger partial charge in [0.2, 0.25) is 0 Å². The Morgan fingerprint density at radius 2 is 0.938 bits per heavy atom. The SMILES string of the molecule is C[N+]1([O-])CCOCC1.C[N+]1([O-])CCOCC1. The highest BCUT2D eigenvalue weighted by Gasteiger charge is 2.14. The lowest BCUT2D eigenvalue weighted by Crippen LogP contribution is -2.46. The van der Waals surface area contributed by atoms with E-state index in [1.54, 1.807) is 14.1 Å². The van der Waals surface area contributed by atoms with Gasteiger partial charge in [-0.25, -0.2) is 0 Å². The molecule has 0 aliphatic carbocycles. The van der Waals surface area contributed by atoms with Gasteiger partial charge >= 0.3 is 0 Å². The molecule has 2 saturated heterocycles. The average molecular weight is 234 g/mol. The highest BCUT2D eigenvalue weighted by atomic mass is 16.6. The molecule has 0 spiro atoms. The van der Waals surface area contributed by atoms with Crippen LogP contribution in [0.4, 0.5) is 0 Å². The molecular weight excluding hydrogens is 212 g/mol. The zero-order valence-corrected chi connectivity index (χ0v) is 10.2. The summed E-state index contributed by atoms with van der Waals surface area (Å²) < 4.78 is 9.73. The summed E-state index contributed by atoms with van der Waals surface area (Å²) in [5, 5.41) is 22.0. The summed E-state index contributed by atoms with van der Waals surface area (Å²) in [6, 6.07) is 0. The quantitative estimate of drug-likeness (QED) is 0.434. The minimum atomic E-state index is -0.125. The van der Waals surface area contributed by atoms with Crippen LogP contribution in [0.15, 0.2) is 0 Å². The van der Waals surface area contributed by atoms with Crippen LogP contribution in [0.5, 0.6) is 0 Å². The van der Waals surface area contributed by atoms with Crippen LogP contribution in [-0.4, -0.2) is 76.0 Å². The van der Waals surface area contributed by atoms with E-state index in [-0.39, 0.29) is 9.29 Å². The Bertz CT molecular complexity index is 171. The Kier molecular flexibility index (Phi) is 5.10. The number of hydrogen-bond donors (Lipinski definition) is 0. The average Bonchev–Trinajstić information content (AvgIpc) is 2.17. The fourth-order valence-electron chi connectivity index (χ4n) is 1.46. The predicted molar refractivity (Wildman–Crippen MR) is 60.2 cm³/mol. The largest absolute Gasteiger partial charge is 0.633 e. The van der Waals surface area contributed by atoms with E-state index in [1.165, 1.54) is 0 Å². The maximum absolute atomic E-state index is 11.0. The van der Waals surface area contributed by atoms with Crippen LogP contribution in [0, 0.1) is 10.4 Å². The number of hydroxylamine groups is 6. The molecule has 0 aromatic heterocycles. The van der Waals surface area contributed by atoms with E-state index in [0.29, 0.717) is 52.6 Å². The van der Waals surface area contributed by atoms with Crippen molar-refractivity contribution in [2.24, 2.45) is 0 Å². The van der Waals surface area contributed by atoms with Crippen molar-refractivity contribution in [3.8, 4) is 0 Å². The van der Waals surface area contributed by atoms with Gasteiger partial charge in [-0.05, 0) is 0 Å². The smallest absolute Gasteiger partial charge is 0.102 e. The molecule has 0 saturated carbocycles. The maximum atomic E-state index is 11.0. The Hall–Kier alpha value is -0.240. The van der Waals surface area contributed by atoms with Gasteiger partial charge in [0.25, 0.3) is 0 Å². The Morgan fingerprint density at radius 3 is 1.06 bits per heavy atom. The van der Waals surface area contributed by atoms with Crippen LogP contribution in [0.2, 0.25) is 0 Å². The summed E-state index contributed by atoms with van der Waals surface area (Å²) in [6.07, 6.45) is 0. The first-order valence-corrected chi connectivity index (χ1v) is 5.68. The van der Waals surface area contributed by atoms with Crippen LogP contribution in [0.3, 0.4) is 0 Å². The van der Waals surface area contributed by atoms with Crippen molar-refractivity contribution in [2.45, 2.75) is 0 Å². The number of hydrogen-bond acceptors (Lipinski definition) is 4. The third kappa shape index (κ3) is 5.74. The molecule has 2 rings (SSSR count). The molecule has 2 fully saturated rings. The third-order valence-corrected chi connectivity index (χ3v) is 2.83. The first kappa shape index (κ1) is 13.8. The Morgan fingerprint density at radius 1 is 0.688 bits per heavy atom. The summed E-state index contributed by atoms with van der Waals surface area (Å²) in [6.45, 7) is 4.94. The van der Waals surface area contributed by atoms with Crippen molar-refractivity contribution in [1.82, 2.24) is 0 Å². The summed E-state index contributed by atoms with van der Waals surface area (Å²) in [5.74, 6) is 0. The number of rotatable bonds is 0. The van der Waals surface area contributed by atoms with E-state index in [4.69, 9.17) is 9.47 Å². The molecule has 2 aliphatic rings. The molecule has 0 N–H and O–H groups in total. The topological polar surface area (TPSA) is 64.6 Å². The summed E-state index contributed by atoms with van der Waals surface area (Å²) >= 11 is 0. The van der Waals surface area contributed by atoms with Gasteiger partial charge in [-0.15, -0.1) is 0 Å².